The van der Waals surface area contributed by atoms with Crippen LogP contribution in [0.1, 0.15) is 25.8 Å². The van der Waals surface area contributed by atoms with Crippen LogP contribution >= 0.6 is 11.6 Å². The average Bonchev–Trinajstić information content (AvgIpc) is 2.47. The molecule has 2 atom stereocenters. The molecule has 114 valence electrons. The Bertz CT molecular complexity index is 396. The molecule has 0 amide bonds. The minimum atomic E-state index is -0.616. The van der Waals surface area contributed by atoms with Crippen molar-refractivity contribution in [3.05, 3.63) is 34.9 Å². The highest BCUT2D eigenvalue weighted by molar-refractivity contribution is 6.31. The van der Waals surface area contributed by atoms with Crippen LogP contribution in [0.25, 0.3) is 0 Å². The number of aliphatic hydroxyl groups is 2. The number of hydrogen-bond donors (Lipinski definition) is 3. The summed E-state index contributed by atoms with van der Waals surface area (Å²) in [5.41, 5.74) is 0.548. The molecule has 20 heavy (non-hydrogen) atoms. The Kier molecular flexibility index (Phi) is 7.48. The average molecular weight is 302 g/mol. The minimum Gasteiger partial charge on any atom is -0.394 e. The fourth-order valence-electron chi connectivity index (χ4n) is 1.64. The van der Waals surface area contributed by atoms with E-state index in [2.05, 4.69) is 5.32 Å². The van der Waals surface area contributed by atoms with Gasteiger partial charge in [-0.15, -0.1) is 0 Å². The maximum Gasteiger partial charge on any atom is 0.0898 e. The van der Waals surface area contributed by atoms with Crippen LogP contribution in [0, 0.1) is 0 Å². The Morgan fingerprint density at radius 2 is 2.10 bits per heavy atom. The molecule has 0 heterocycles. The van der Waals surface area contributed by atoms with Gasteiger partial charge in [0.1, 0.15) is 0 Å². The molecule has 1 aromatic rings. The van der Waals surface area contributed by atoms with Crippen LogP contribution < -0.4 is 5.32 Å². The van der Waals surface area contributed by atoms with Crippen molar-refractivity contribution in [2.24, 2.45) is 0 Å². The maximum absolute atomic E-state index is 9.85. The second-order valence-corrected chi connectivity index (χ2v) is 5.62. The van der Waals surface area contributed by atoms with E-state index in [1.165, 1.54) is 0 Å². The maximum atomic E-state index is 9.85. The van der Waals surface area contributed by atoms with Gasteiger partial charge in [0, 0.05) is 17.1 Å². The molecule has 0 radical (unpaired) electrons. The zero-order valence-electron chi connectivity index (χ0n) is 12.1. The molecule has 0 aliphatic carbocycles. The lowest BCUT2D eigenvalue weighted by Crippen LogP contribution is -2.48. The number of ether oxygens (including phenoxy) is 1. The van der Waals surface area contributed by atoms with Crippen LogP contribution in [0.15, 0.2) is 24.3 Å². The van der Waals surface area contributed by atoms with E-state index < -0.39 is 6.10 Å². The minimum absolute atomic E-state index is 0.0384. The third kappa shape index (κ3) is 5.77. The molecule has 4 nitrogen and oxygen atoms in total. The molecule has 0 fully saturated rings. The van der Waals surface area contributed by atoms with Crippen LogP contribution in [0.3, 0.4) is 0 Å². The monoisotopic (exact) mass is 301 g/mol. The molecule has 0 saturated heterocycles. The zero-order chi connectivity index (χ0) is 15.0. The molecule has 0 aliphatic rings. The molecule has 1 aromatic carbocycles. The smallest absolute Gasteiger partial charge is 0.0898 e. The Morgan fingerprint density at radius 1 is 1.40 bits per heavy atom. The van der Waals surface area contributed by atoms with Gasteiger partial charge in [-0.3, -0.25) is 0 Å². The van der Waals surface area contributed by atoms with E-state index >= 15 is 0 Å². The van der Waals surface area contributed by atoms with Crippen LogP contribution in [0.5, 0.6) is 0 Å². The summed E-state index contributed by atoms with van der Waals surface area (Å²) < 4.78 is 5.46. The second kappa shape index (κ2) is 8.60. The summed E-state index contributed by atoms with van der Waals surface area (Å²) >= 11 is 6.02. The van der Waals surface area contributed by atoms with Gasteiger partial charge in [-0.1, -0.05) is 36.7 Å². The summed E-state index contributed by atoms with van der Waals surface area (Å²) in [7, 11) is 0. The van der Waals surface area contributed by atoms with E-state index in [9.17, 15) is 10.2 Å². The highest BCUT2D eigenvalue weighted by atomic mass is 35.5. The first-order valence-electron chi connectivity index (χ1n) is 6.86. The van der Waals surface area contributed by atoms with Gasteiger partial charge in [0.25, 0.3) is 0 Å². The van der Waals surface area contributed by atoms with Crippen molar-refractivity contribution in [1.29, 1.82) is 0 Å². The lowest BCUT2D eigenvalue weighted by molar-refractivity contribution is 0.0225. The van der Waals surface area contributed by atoms with Gasteiger partial charge in [0.05, 0.1) is 25.9 Å². The predicted octanol–water partition coefficient (Wildman–Crippen LogP) is 1.97. The quantitative estimate of drug-likeness (QED) is 0.652. The van der Waals surface area contributed by atoms with E-state index in [1.807, 2.05) is 38.1 Å². The number of β-amino-alcohol motifs (C(OH)–C–C–N with tert-alkyl or cyclic N) is 1. The molecule has 1 rings (SSSR count). The molecular formula is C15H24ClNO3. The van der Waals surface area contributed by atoms with Crippen molar-refractivity contribution in [2.75, 3.05) is 19.8 Å². The van der Waals surface area contributed by atoms with Crippen molar-refractivity contribution >= 4 is 11.6 Å². The molecule has 0 saturated carbocycles. The molecule has 3 N–H and O–H groups in total. The standard InChI is InChI=1S/C15H24ClNO3/c1-3-15(2,11-18)17-8-13(19)10-20-9-12-6-4-5-7-14(12)16/h4-7,13,17-19H,3,8-11H2,1-2H3. The zero-order valence-corrected chi connectivity index (χ0v) is 12.9. The van der Waals surface area contributed by atoms with Gasteiger partial charge in [-0.25, -0.2) is 0 Å². The van der Waals surface area contributed by atoms with Gasteiger partial charge >= 0.3 is 0 Å². The van der Waals surface area contributed by atoms with Crippen molar-refractivity contribution in [2.45, 2.75) is 38.5 Å². The highest BCUT2D eigenvalue weighted by Gasteiger charge is 2.21. The SMILES string of the molecule is CCC(C)(CO)NCC(O)COCc1ccccc1Cl. The van der Waals surface area contributed by atoms with E-state index in [0.717, 1.165) is 12.0 Å². The molecule has 2 unspecified atom stereocenters. The largest absolute Gasteiger partial charge is 0.394 e. The van der Waals surface area contributed by atoms with Crippen LogP contribution in [0.2, 0.25) is 5.02 Å². The summed E-state index contributed by atoms with van der Waals surface area (Å²) in [6.45, 7) is 4.93. The van der Waals surface area contributed by atoms with Crippen LogP contribution in [-0.4, -0.2) is 41.6 Å². The van der Waals surface area contributed by atoms with E-state index in [4.69, 9.17) is 16.3 Å². The normalized spacial score (nSPS) is 15.8. The fourth-order valence-corrected chi connectivity index (χ4v) is 1.83. The van der Waals surface area contributed by atoms with Crippen LogP contribution in [-0.2, 0) is 11.3 Å². The van der Waals surface area contributed by atoms with Crippen molar-refractivity contribution < 1.29 is 14.9 Å². The lowest BCUT2D eigenvalue weighted by Gasteiger charge is -2.28. The third-order valence-electron chi connectivity index (χ3n) is 3.42. The lowest BCUT2D eigenvalue weighted by atomic mass is 10.0. The summed E-state index contributed by atoms with van der Waals surface area (Å²) in [6.07, 6.45) is 0.173. The summed E-state index contributed by atoms with van der Waals surface area (Å²) in [6, 6.07) is 7.47. The van der Waals surface area contributed by atoms with Gasteiger partial charge in [-0.2, -0.15) is 0 Å². The van der Waals surface area contributed by atoms with Crippen molar-refractivity contribution in [3.8, 4) is 0 Å². The summed E-state index contributed by atoms with van der Waals surface area (Å²) in [5.74, 6) is 0. The van der Waals surface area contributed by atoms with Gasteiger partial charge < -0.3 is 20.3 Å². The number of rotatable bonds is 9. The number of benzene rings is 1. The molecule has 5 heteroatoms. The first-order valence-corrected chi connectivity index (χ1v) is 7.23. The van der Waals surface area contributed by atoms with E-state index in [0.29, 0.717) is 18.2 Å². The summed E-state index contributed by atoms with van der Waals surface area (Å²) in [4.78, 5) is 0. The molecule has 0 spiro atoms. The molecule has 0 aliphatic heterocycles. The van der Waals surface area contributed by atoms with Crippen molar-refractivity contribution in [1.82, 2.24) is 5.32 Å². The first-order chi connectivity index (χ1) is 9.50. The van der Waals surface area contributed by atoms with Gasteiger partial charge in [-0.05, 0) is 25.0 Å². The number of hydrogen-bond acceptors (Lipinski definition) is 4. The Balaban J connectivity index is 2.27. The number of nitrogens with one attached hydrogen (secondary N) is 1. The first kappa shape index (κ1) is 17.4. The highest BCUT2D eigenvalue weighted by Crippen LogP contribution is 2.15. The summed E-state index contributed by atoms with van der Waals surface area (Å²) in [5, 5.41) is 22.9. The predicted molar refractivity (Wildman–Crippen MR) is 80.9 cm³/mol. The molecule has 0 bridgehead atoms. The van der Waals surface area contributed by atoms with Crippen LogP contribution in [0.4, 0.5) is 0 Å². The van der Waals surface area contributed by atoms with Gasteiger partial charge in [0.2, 0.25) is 0 Å². The third-order valence-corrected chi connectivity index (χ3v) is 3.79. The Morgan fingerprint density at radius 3 is 2.70 bits per heavy atom. The Hall–Kier alpha value is -0.650. The number of halogens is 1. The van der Waals surface area contributed by atoms with Crippen molar-refractivity contribution in [3.63, 3.8) is 0 Å². The number of aliphatic hydroxyl groups excluding tert-OH is 2. The van der Waals surface area contributed by atoms with E-state index in [-0.39, 0.29) is 18.8 Å². The Labute approximate surface area is 125 Å². The van der Waals surface area contributed by atoms with E-state index in [1.54, 1.807) is 0 Å². The fraction of sp³-hybridized carbons (Fsp3) is 0.600. The molecule has 0 aromatic heterocycles. The van der Waals surface area contributed by atoms with Gasteiger partial charge in [0.15, 0.2) is 0 Å². The topological polar surface area (TPSA) is 61.7 Å². The molecular weight excluding hydrogens is 278 g/mol. The second-order valence-electron chi connectivity index (χ2n) is 5.21.